The first kappa shape index (κ1) is 32.3. The van der Waals surface area contributed by atoms with Gasteiger partial charge in [-0.1, -0.05) is 140 Å². The van der Waals surface area contributed by atoms with Crippen molar-refractivity contribution < 1.29 is 12.8 Å². The number of fused-ring (bicyclic) bond motifs is 6. The summed E-state index contributed by atoms with van der Waals surface area (Å²) in [4.78, 5) is 10.9. The van der Waals surface area contributed by atoms with Crippen molar-refractivity contribution in [3.05, 3.63) is 187 Å². The van der Waals surface area contributed by atoms with E-state index in [9.17, 15) is 8.42 Å². The van der Waals surface area contributed by atoms with E-state index in [1.54, 1.807) is 18.2 Å². The van der Waals surface area contributed by atoms with E-state index in [1.807, 2.05) is 116 Å². The summed E-state index contributed by atoms with van der Waals surface area (Å²) in [6.45, 7) is 6.31. The number of hydrogen-bond acceptors (Lipinski definition) is 4. The molecule has 1 aromatic heterocycles. The summed E-state index contributed by atoms with van der Waals surface area (Å²) >= 11 is 0. The fourth-order valence-electron chi connectivity index (χ4n) is 7.11. The smallest absolute Gasteiger partial charge is 0.207 e. The van der Waals surface area contributed by atoms with E-state index in [0.29, 0.717) is 32.5 Å². The quantitative estimate of drug-likeness (QED) is 0.128. The zero-order chi connectivity index (χ0) is 36.1. The highest BCUT2D eigenvalue weighted by Crippen LogP contribution is 2.45. The third-order valence-electron chi connectivity index (χ3n) is 9.84. The number of aliphatic imine (C=N–C) groups is 2. The predicted octanol–water partition coefficient (Wildman–Crippen LogP) is 11.7. The maximum absolute atomic E-state index is 13.5. The van der Waals surface area contributed by atoms with Crippen molar-refractivity contribution in [1.29, 1.82) is 0 Å². The van der Waals surface area contributed by atoms with Gasteiger partial charge in [0, 0.05) is 33.2 Å². The van der Waals surface area contributed by atoms with Crippen molar-refractivity contribution in [1.82, 2.24) is 0 Å². The van der Waals surface area contributed by atoms with Gasteiger partial charge in [0.05, 0.1) is 15.5 Å². The van der Waals surface area contributed by atoms with E-state index in [2.05, 4.69) is 43.0 Å². The lowest BCUT2D eigenvalue weighted by molar-refractivity contribution is 0.598. The molecule has 0 radical (unpaired) electrons. The van der Waals surface area contributed by atoms with Crippen LogP contribution in [0.5, 0.6) is 0 Å². The number of benzene rings is 7. The van der Waals surface area contributed by atoms with E-state index < -0.39 is 9.84 Å². The highest BCUT2D eigenvalue weighted by Gasteiger charge is 2.32. The molecular formula is C47H32N2O3S. The highest BCUT2D eigenvalue weighted by atomic mass is 32.2. The lowest BCUT2D eigenvalue weighted by Crippen LogP contribution is -2.05. The van der Waals surface area contributed by atoms with Gasteiger partial charge in [0.2, 0.25) is 9.84 Å². The van der Waals surface area contributed by atoms with Crippen molar-refractivity contribution in [2.24, 2.45) is 9.98 Å². The summed E-state index contributed by atoms with van der Waals surface area (Å²) in [5.74, 6) is 0.518. The third-order valence-corrected chi connectivity index (χ3v) is 11.7. The molecule has 8 aromatic rings. The van der Waals surface area contributed by atoms with E-state index in [4.69, 9.17) is 14.4 Å². The first-order valence-electron chi connectivity index (χ1n) is 17.3. The van der Waals surface area contributed by atoms with Crippen LogP contribution in [-0.2, 0) is 9.84 Å². The number of furan rings is 1. The predicted molar refractivity (Wildman–Crippen MR) is 216 cm³/mol. The van der Waals surface area contributed by atoms with Crippen LogP contribution in [0.2, 0.25) is 0 Å². The average Bonchev–Trinajstić information content (AvgIpc) is 3.69. The van der Waals surface area contributed by atoms with Gasteiger partial charge in [-0.2, -0.15) is 0 Å². The highest BCUT2D eigenvalue weighted by molar-refractivity contribution is 7.92. The lowest BCUT2D eigenvalue weighted by Gasteiger charge is -2.09. The van der Waals surface area contributed by atoms with Crippen molar-refractivity contribution >= 4 is 49.0 Å². The van der Waals surface area contributed by atoms with Gasteiger partial charge in [-0.3, -0.25) is 0 Å². The molecule has 9 rings (SSSR count). The minimum atomic E-state index is -3.61. The molecule has 6 heteroatoms. The Hall–Kier alpha value is -6.63. The van der Waals surface area contributed by atoms with E-state index >= 15 is 0 Å². The Balaban J connectivity index is 1.14. The first-order valence-corrected chi connectivity index (χ1v) is 18.8. The van der Waals surface area contributed by atoms with Crippen LogP contribution in [-0.4, -0.2) is 20.0 Å². The molecule has 0 bridgehead atoms. The third kappa shape index (κ3) is 5.70. The molecule has 0 atom stereocenters. The van der Waals surface area contributed by atoms with E-state index in [-0.39, 0.29) is 0 Å². The Bertz CT molecular complexity index is 2910. The van der Waals surface area contributed by atoms with Gasteiger partial charge in [-0.25, -0.2) is 18.4 Å². The molecular weight excluding hydrogens is 673 g/mol. The fraction of sp³-hybridized carbons (Fsp3) is 0.0213. The Morgan fingerprint density at radius 2 is 1.19 bits per heavy atom. The summed E-state index contributed by atoms with van der Waals surface area (Å²) in [7, 11) is -3.61. The Morgan fingerprint density at radius 1 is 0.547 bits per heavy atom. The molecule has 0 saturated carbocycles. The Labute approximate surface area is 307 Å². The van der Waals surface area contributed by atoms with Crippen molar-refractivity contribution in [3.63, 3.8) is 0 Å². The second kappa shape index (κ2) is 12.9. The summed E-state index contributed by atoms with van der Waals surface area (Å²) < 4.78 is 33.4. The van der Waals surface area contributed by atoms with Crippen LogP contribution in [0, 0.1) is 0 Å². The van der Waals surface area contributed by atoms with Gasteiger partial charge in [0.1, 0.15) is 11.2 Å². The molecule has 7 aromatic carbocycles. The van der Waals surface area contributed by atoms with Crippen LogP contribution in [0.3, 0.4) is 0 Å². The molecule has 0 spiro atoms. The van der Waals surface area contributed by atoms with Crippen LogP contribution in [0.1, 0.15) is 23.6 Å². The van der Waals surface area contributed by atoms with Crippen molar-refractivity contribution in [2.45, 2.75) is 16.7 Å². The molecule has 0 aliphatic carbocycles. The van der Waals surface area contributed by atoms with Gasteiger partial charge in [-0.05, 0) is 70.6 Å². The molecule has 0 saturated heterocycles. The number of hydrogen-bond donors (Lipinski definition) is 0. The SMILES string of the molecule is C=C(N=C(N=C(C)c1ccc(-c2ccccc2)cc1)c1cccc2oc3cc(-c4ccc5c(c4)S(=O)(=O)c4ccccc4-5)ccc3c12)c1ccccc1. The van der Waals surface area contributed by atoms with E-state index in [1.165, 1.54) is 0 Å². The second-order valence-electron chi connectivity index (χ2n) is 13.1. The number of rotatable bonds is 6. The van der Waals surface area contributed by atoms with Crippen molar-refractivity contribution in [3.8, 4) is 33.4 Å². The summed E-state index contributed by atoms with van der Waals surface area (Å²) in [6, 6.07) is 53.3. The van der Waals surface area contributed by atoms with E-state index in [0.717, 1.165) is 66.6 Å². The molecule has 0 unspecified atom stereocenters. The standard InChI is InChI=1S/C47H32N2O3S/c1-30(32-12-5-3-6-13-32)48-47(49-31(2)33-20-22-35(23-21-33)34-14-7-4-8-15-34)41-17-11-18-42-46(41)40-27-25-36(28-43(40)52-42)37-24-26-39-38-16-9-10-19-44(38)53(50,51)45(39)29-37/h3-29H,1H2,2H3. The van der Waals surface area contributed by atoms with Crippen LogP contribution >= 0.6 is 0 Å². The number of sulfone groups is 1. The molecule has 5 nitrogen and oxygen atoms in total. The first-order chi connectivity index (χ1) is 25.8. The van der Waals surface area contributed by atoms with Gasteiger partial charge in [0.25, 0.3) is 0 Å². The Kier molecular flexibility index (Phi) is 7.83. The monoisotopic (exact) mass is 704 g/mol. The van der Waals surface area contributed by atoms with Crippen LogP contribution in [0.15, 0.2) is 195 Å². The summed E-state index contributed by atoms with van der Waals surface area (Å²) in [6.07, 6.45) is 0. The Morgan fingerprint density at radius 3 is 1.98 bits per heavy atom. The molecule has 1 aliphatic rings. The van der Waals surface area contributed by atoms with Gasteiger partial charge in [-0.15, -0.1) is 0 Å². The maximum Gasteiger partial charge on any atom is 0.207 e. The molecule has 0 N–H and O–H groups in total. The zero-order valence-electron chi connectivity index (χ0n) is 28.8. The molecule has 2 heterocycles. The minimum Gasteiger partial charge on any atom is -0.456 e. The largest absolute Gasteiger partial charge is 0.456 e. The van der Waals surface area contributed by atoms with Gasteiger partial charge in [0.15, 0.2) is 5.84 Å². The summed E-state index contributed by atoms with van der Waals surface area (Å²) in [5, 5.41) is 1.79. The topological polar surface area (TPSA) is 72.0 Å². The average molecular weight is 705 g/mol. The van der Waals surface area contributed by atoms with Gasteiger partial charge >= 0.3 is 0 Å². The van der Waals surface area contributed by atoms with Crippen LogP contribution in [0.25, 0.3) is 61.0 Å². The number of nitrogens with zero attached hydrogens (tertiary/aromatic N) is 2. The minimum absolute atomic E-state index is 0.325. The fourth-order valence-corrected chi connectivity index (χ4v) is 8.82. The number of amidine groups is 1. The molecule has 254 valence electrons. The van der Waals surface area contributed by atoms with Gasteiger partial charge < -0.3 is 4.42 Å². The molecule has 53 heavy (non-hydrogen) atoms. The molecule has 0 amide bonds. The maximum atomic E-state index is 13.5. The summed E-state index contributed by atoms with van der Waals surface area (Å²) in [5.41, 5.74) is 10.9. The normalized spacial score (nSPS) is 13.6. The van der Waals surface area contributed by atoms with Crippen LogP contribution < -0.4 is 0 Å². The zero-order valence-corrected chi connectivity index (χ0v) is 29.6. The lowest BCUT2D eigenvalue weighted by atomic mass is 9.99. The second-order valence-corrected chi connectivity index (χ2v) is 15.0. The van der Waals surface area contributed by atoms with Crippen molar-refractivity contribution in [2.75, 3.05) is 0 Å². The molecule has 0 fully saturated rings. The van der Waals surface area contributed by atoms with Crippen LogP contribution in [0.4, 0.5) is 0 Å². The molecule has 1 aliphatic heterocycles.